The minimum absolute atomic E-state index is 0.108. The molecule has 0 saturated carbocycles. The lowest BCUT2D eigenvalue weighted by Crippen LogP contribution is -2.46. The van der Waals surface area contributed by atoms with Crippen LogP contribution in [-0.4, -0.2) is 23.5 Å². The highest BCUT2D eigenvalue weighted by Crippen LogP contribution is 2.30. The van der Waals surface area contributed by atoms with E-state index in [4.69, 9.17) is 11.5 Å². The molecule has 1 amide bonds. The van der Waals surface area contributed by atoms with Crippen LogP contribution >= 0.6 is 0 Å². The van der Waals surface area contributed by atoms with Crippen LogP contribution in [0.2, 0.25) is 0 Å². The topological polar surface area (TPSA) is 85.2 Å². The number of amides is 1. The van der Waals surface area contributed by atoms with Crippen molar-refractivity contribution >= 4 is 17.4 Å². The molecule has 4 N–H and O–H groups in total. The lowest BCUT2D eigenvalue weighted by atomic mass is 9.93. The Bertz CT molecular complexity index is 460. The molecule has 1 saturated heterocycles. The molecular weight excluding hydrogens is 228 g/mol. The number of hydrogen-bond acceptors (Lipinski definition) is 4. The van der Waals surface area contributed by atoms with Gasteiger partial charge in [0.25, 0.3) is 0 Å². The molecule has 18 heavy (non-hydrogen) atoms. The Morgan fingerprint density at radius 1 is 1.50 bits per heavy atom. The summed E-state index contributed by atoms with van der Waals surface area (Å²) in [5.41, 5.74) is 13.1. The van der Waals surface area contributed by atoms with E-state index in [-0.39, 0.29) is 11.8 Å². The zero-order valence-corrected chi connectivity index (χ0v) is 10.9. The summed E-state index contributed by atoms with van der Waals surface area (Å²) in [5.74, 6) is 0.417. The van der Waals surface area contributed by atoms with Gasteiger partial charge in [-0.1, -0.05) is 0 Å². The smallest absolute Gasteiger partial charge is 0.222 e. The summed E-state index contributed by atoms with van der Waals surface area (Å²) in [6, 6.07) is 2.24. The van der Waals surface area contributed by atoms with Gasteiger partial charge < -0.3 is 16.4 Å². The van der Waals surface area contributed by atoms with Crippen molar-refractivity contribution in [3.8, 4) is 0 Å². The van der Waals surface area contributed by atoms with Crippen LogP contribution in [0.4, 0.5) is 11.5 Å². The van der Waals surface area contributed by atoms with Gasteiger partial charge in [-0.3, -0.25) is 4.79 Å². The summed E-state index contributed by atoms with van der Waals surface area (Å²) >= 11 is 0. The average molecular weight is 248 g/mol. The zero-order chi connectivity index (χ0) is 13.3. The van der Waals surface area contributed by atoms with Gasteiger partial charge in [-0.25, -0.2) is 4.98 Å². The van der Waals surface area contributed by atoms with Crippen molar-refractivity contribution in [2.24, 2.45) is 11.7 Å². The normalized spacial score (nSPS) is 24.0. The van der Waals surface area contributed by atoms with E-state index >= 15 is 0 Å². The van der Waals surface area contributed by atoms with E-state index in [1.807, 2.05) is 13.0 Å². The Labute approximate surface area is 107 Å². The van der Waals surface area contributed by atoms with Gasteiger partial charge in [-0.2, -0.15) is 0 Å². The molecule has 1 aliphatic heterocycles. The molecule has 5 heteroatoms. The molecule has 1 aromatic rings. The lowest BCUT2D eigenvalue weighted by Gasteiger charge is -2.38. The maximum Gasteiger partial charge on any atom is 0.222 e. The summed E-state index contributed by atoms with van der Waals surface area (Å²) in [5, 5.41) is 0. The average Bonchev–Trinajstić information content (AvgIpc) is 2.30. The van der Waals surface area contributed by atoms with Crippen LogP contribution in [0.1, 0.15) is 25.3 Å². The number of pyridine rings is 1. The van der Waals surface area contributed by atoms with Crippen molar-refractivity contribution in [2.75, 3.05) is 17.2 Å². The monoisotopic (exact) mass is 248 g/mol. The van der Waals surface area contributed by atoms with Crippen molar-refractivity contribution in [1.82, 2.24) is 4.98 Å². The third-order valence-corrected chi connectivity index (χ3v) is 3.59. The fraction of sp³-hybridized carbons (Fsp3) is 0.538. The maximum absolute atomic E-state index is 11.3. The predicted octanol–water partition coefficient (Wildman–Crippen LogP) is 1.06. The molecule has 5 nitrogen and oxygen atoms in total. The number of anilines is 2. The van der Waals surface area contributed by atoms with Crippen LogP contribution < -0.4 is 16.4 Å². The van der Waals surface area contributed by atoms with Crippen LogP contribution in [0.15, 0.2) is 12.3 Å². The second-order valence-corrected chi connectivity index (χ2v) is 5.10. The molecule has 2 rings (SSSR count). The first-order valence-corrected chi connectivity index (χ1v) is 6.27. The van der Waals surface area contributed by atoms with Gasteiger partial charge in [0, 0.05) is 18.8 Å². The molecule has 0 spiro atoms. The third kappa shape index (κ3) is 2.39. The van der Waals surface area contributed by atoms with Crippen LogP contribution in [0.25, 0.3) is 0 Å². The van der Waals surface area contributed by atoms with E-state index in [1.54, 1.807) is 6.20 Å². The molecule has 1 aromatic heterocycles. The van der Waals surface area contributed by atoms with E-state index in [0.717, 1.165) is 24.2 Å². The number of primary amides is 1. The number of carbonyl (C=O) groups is 1. The minimum atomic E-state index is -0.238. The molecule has 98 valence electrons. The first-order chi connectivity index (χ1) is 8.49. The predicted molar refractivity (Wildman–Crippen MR) is 72.1 cm³/mol. The Kier molecular flexibility index (Phi) is 3.41. The van der Waals surface area contributed by atoms with Gasteiger partial charge in [-0.15, -0.1) is 0 Å². The summed E-state index contributed by atoms with van der Waals surface area (Å²) in [6.45, 7) is 4.69. The molecule has 2 unspecified atom stereocenters. The first kappa shape index (κ1) is 12.7. The maximum atomic E-state index is 11.3. The number of carbonyl (C=O) groups excluding carboxylic acids is 1. The third-order valence-electron chi connectivity index (χ3n) is 3.59. The van der Waals surface area contributed by atoms with Crippen molar-refractivity contribution in [3.63, 3.8) is 0 Å². The summed E-state index contributed by atoms with van der Waals surface area (Å²) in [6.07, 6.45) is 3.58. The summed E-state index contributed by atoms with van der Waals surface area (Å²) in [7, 11) is 0. The molecule has 0 radical (unpaired) electrons. The van der Waals surface area contributed by atoms with E-state index in [1.165, 1.54) is 0 Å². The molecular formula is C13H20N4O. The van der Waals surface area contributed by atoms with Crippen molar-refractivity contribution < 1.29 is 4.79 Å². The molecule has 2 heterocycles. The van der Waals surface area contributed by atoms with Gasteiger partial charge in [-0.05, 0) is 38.3 Å². The van der Waals surface area contributed by atoms with Crippen LogP contribution in [0.5, 0.6) is 0 Å². The quantitative estimate of drug-likeness (QED) is 0.819. The first-order valence-electron chi connectivity index (χ1n) is 6.27. The SMILES string of the molecule is Cc1cnc(N2CC(C(N)=O)CCC2C)c(N)c1. The number of nitrogens with zero attached hydrogens (tertiary/aromatic N) is 2. The Balaban J connectivity index is 2.26. The Morgan fingerprint density at radius 2 is 2.22 bits per heavy atom. The van der Waals surface area contributed by atoms with Crippen molar-refractivity contribution in [1.29, 1.82) is 0 Å². The number of nitrogen functional groups attached to an aromatic ring is 1. The minimum Gasteiger partial charge on any atom is -0.396 e. The summed E-state index contributed by atoms with van der Waals surface area (Å²) < 4.78 is 0. The van der Waals surface area contributed by atoms with Gasteiger partial charge >= 0.3 is 0 Å². The van der Waals surface area contributed by atoms with Crippen LogP contribution in [0.3, 0.4) is 0 Å². The van der Waals surface area contributed by atoms with E-state index in [0.29, 0.717) is 18.3 Å². The fourth-order valence-corrected chi connectivity index (χ4v) is 2.46. The molecule has 0 bridgehead atoms. The number of nitrogens with two attached hydrogens (primary N) is 2. The Hall–Kier alpha value is -1.78. The number of piperidine rings is 1. The number of hydrogen-bond donors (Lipinski definition) is 2. The fourth-order valence-electron chi connectivity index (χ4n) is 2.46. The highest BCUT2D eigenvalue weighted by Gasteiger charge is 2.30. The molecule has 1 fully saturated rings. The van der Waals surface area contributed by atoms with Gasteiger partial charge in [0.05, 0.1) is 11.6 Å². The largest absolute Gasteiger partial charge is 0.396 e. The van der Waals surface area contributed by atoms with Gasteiger partial charge in [0.15, 0.2) is 5.82 Å². The standard InChI is InChI=1S/C13H20N4O/c1-8-5-11(14)13(16-6-8)17-7-10(12(15)18)4-3-9(17)2/h5-6,9-10H,3-4,7,14H2,1-2H3,(H2,15,18). The highest BCUT2D eigenvalue weighted by atomic mass is 16.1. The van der Waals surface area contributed by atoms with E-state index in [2.05, 4.69) is 16.8 Å². The molecule has 0 aromatic carbocycles. The van der Waals surface area contributed by atoms with Crippen LogP contribution in [-0.2, 0) is 4.79 Å². The Morgan fingerprint density at radius 3 is 2.83 bits per heavy atom. The van der Waals surface area contributed by atoms with Crippen LogP contribution in [0, 0.1) is 12.8 Å². The zero-order valence-electron chi connectivity index (χ0n) is 10.9. The van der Waals surface area contributed by atoms with Crippen molar-refractivity contribution in [3.05, 3.63) is 17.8 Å². The summed E-state index contributed by atoms with van der Waals surface area (Å²) in [4.78, 5) is 17.8. The lowest BCUT2D eigenvalue weighted by molar-refractivity contribution is -0.122. The second-order valence-electron chi connectivity index (χ2n) is 5.10. The van der Waals surface area contributed by atoms with Gasteiger partial charge in [0.1, 0.15) is 0 Å². The highest BCUT2D eigenvalue weighted by molar-refractivity contribution is 5.78. The molecule has 1 aliphatic rings. The van der Waals surface area contributed by atoms with E-state index < -0.39 is 0 Å². The van der Waals surface area contributed by atoms with Gasteiger partial charge in [0.2, 0.25) is 5.91 Å². The van der Waals surface area contributed by atoms with E-state index in [9.17, 15) is 4.79 Å². The van der Waals surface area contributed by atoms with Crippen molar-refractivity contribution in [2.45, 2.75) is 32.7 Å². The number of aromatic nitrogens is 1. The molecule has 2 atom stereocenters. The molecule has 0 aliphatic carbocycles. The number of aryl methyl sites for hydroxylation is 1. The number of rotatable bonds is 2. The second kappa shape index (κ2) is 4.84.